The van der Waals surface area contributed by atoms with E-state index in [0.29, 0.717) is 11.7 Å². The summed E-state index contributed by atoms with van der Waals surface area (Å²) < 4.78 is 9.71. The van der Waals surface area contributed by atoms with Crippen molar-refractivity contribution in [2.45, 2.75) is 12.8 Å². The van der Waals surface area contributed by atoms with E-state index < -0.39 is 0 Å². The molecule has 1 nitrogen and oxygen atoms in total. The average molecular weight is 184 g/mol. The molecule has 0 bridgehead atoms. The number of alkyl halides is 1. The molecule has 0 rings (SSSR count). The first-order valence-corrected chi connectivity index (χ1v) is 4.25. The SMILES string of the molecule is O=[S+]CCCCBr. The molecule has 42 valence electrons. The van der Waals surface area contributed by atoms with Crippen LogP contribution in [0.4, 0.5) is 0 Å². The molecule has 0 amide bonds. The van der Waals surface area contributed by atoms with Crippen LogP contribution < -0.4 is 0 Å². The van der Waals surface area contributed by atoms with E-state index in [-0.39, 0.29) is 0 Å². The Hall–Kier alpha value is 0.500. The highest BCUT2D eigenvalue weighted by Crippen LogP contribution is 1.91. The lowest BCUT2D eigenvalue weighted by molar-refractivity contribution is 0.603. The minimum absolute atomic E-state index is 0.671. The molecule has 3 heteroatoms. The first-order valence-electron chi connectivity index (χ1n) is 2.22. The Kier molecular flexibility index (Phi) is 6.96. The van der Waals surface area contributed by atoms with Crippen LogP contribution in [0.2, 0.25) is 0 Å². The Morgan fingerprint density at radius 2 is 2.14 bits per heavy atom. The summed E-state index contributed by atoms with van der Waals surface area (Å²) in [5, 5.41) is 1.02. The zero-order valence-electron chi connectivity index (χ0n) is 4.02. The predicted octanol–water partition coefficient (Wildman–Crippen LogP) is 1.59. The zero-order chi connectivity index (χ0) is 5.54. The minimum Gasteiger partial charge on any atom is -0.0928 e. The van der Waals surface area contributed by atoms with Crippen molar-refractivity contribution in [2.24, 2.45) is 0 Å². The molecule has 0 aliphatic heterocycles. The van der Waals surface area contributed by atoms with Crippen molar-refractivity contribution in [3.05, 3.63) is 0 Å². The van der Waals surface area contributed by atoms with Gasteiger partial charge in [0.15, 0.2) is 0 Å². The molecule has 0 spiro atoms. The quantitative estimate of drug-likeness (QED) is 0.368. The molecule has 0 aliphatic rings. The minimum atomic E-state index is 0.671. The van der Waals surface area contributed by atoms with Gasteiger partial charge in [0.05, 0.1) is 0 Å². The predicted molar refractivity (Wildman–Crippen MR) is 35.9 cm³/mol. The van der Waals surface area contributed by atoms with Gasteiger partial charge in [0.25, 0.3) is 0 Å². The van der Waals surface area contributed by atoms with Crippen molar-refractivity contribution in [2.75, 3.05) is 11.1 Å². The average Bonchev–Trinajstić information content (AvgIpc) is 1.69. The van der Waals surface area contributed by atoms with Crippen LogP contribution in [0.3, 0.4) is 0 Å². The van der Waals surface area contributed by atoms with Gasteiger partial charge in [-0.2, -0.15) is 0 Å². The lowest BCUT2D eigenvalue weighted by Gasteiger charge is -1.78. The third-order valence-corrected chi connectivity index (χ3v) is 1.63. The van der Waals surface area contributed by atoms with Crippen molar-refractivity contribution in [3.63, 3.8) is 0 Å². The lowest BCUT2D eigenvalue weighted by Crippen LogP contribution is -1.80. The smallest absolute Gasteiger partial charge is 0.0928 e. The molecule has 7 heavy (non-hydrogen) atoms. The lowest BCUT2D eigenvalue weighted by atomic mass is 10.4. The largest absolute Gasteiger partial charge is 0.458 e. The van der Waals surface area contributed by atoms with Gasteiger partial charge in [-0.05, 0) is 6.42 Å². The van der Waals surface area contributed by atoms with Gasteiger partial charge < -0.3 is 0 Å². The molecule has 0 fully saturated rings. The van der Waals surface area contributed by atoms with Gasteiger partial charge in [0.1, 0.15) is 0 Å². The van der Waals surface area contributed by atoms with Crippen molar-refractivity contribution < 1.29 is 4.21 Å². The molecule has 0 atom stereocenters. The van der Waals surface area contributed by atoms with E-state index >= 15 is 0 Å². The highest BCUT2D eigenvalue weighted by Gasteiger charge is 1.93. The molecule has 0 aromatic heterocycles. The fourth-order valence-electron chi connectivity index (χ4n) is 0.255. The normalized spacial score (nSPS) is 8.71. The second-order valence-electron chi connectivity index (χ2n) is 1.22. The van der Waals surface area contributed by atoms with Crippen LogP contribution >= 0.6 is 15.9 Å². The molecule has 0 aromatic carbocycles. The maximum Gasteiger partial charge on any atom is 0.458 e. The Bertz CT molecular complexity index is 49.0. The summed E-state index contributed by atoms with van der Waals surface area (Å²) in [5.74, 6) is 0.756. The third-order valence-electron chi connectivity index (χ3n) is 0.611. The van der Waals surface area contributed by atoms with Crippen LogP contribution in [0.1, 0.15) is 12.8 Å². The molecule has 0 aliphatic carbocycles. The molecular weight excluding hydrogens is 176 g/mol. The first-order chi connectivity index (χ1) is 3.41. The maximum atomic E-state index is 9.71. The van der Waals surface area contributed by atoms with Gasteiger partial charge in [-0.25, -0.2) is 0 Å². The second kappa shape index (κ2) is 6.50. The van der Waals surface area contributed by atoms with Gasteiger partial charge in [0, 0.05) is 16.0 Å². The molecule has 0 saturated heterocycles. The topological polar surface area (TPSA) is 17.1 Å². The highest BCUT2D eigenvalue weighted by atomic mass is 79.9. The van der Waals surface area contributed by atoms with E-state index in [2.05, 4.69) is 15.9 Å². The number of halogens is 1. The summed E-state index contributed by atoms with van der Waals surface area (Å²) in [6.07, 6.45) is 2.16. The van der Waals surface area contributed by atoms with Crippen LogP contribution in [0.15, 0.2) is 0 Å². The monoisotopic (exact) mass is 183 g/mol. The summed E-state index contributed by atoms with van der Waals surface area (Å²) in [4.78, 5) is 0. The van der Waals surface area contributed by atoms with Gasteiger partial charge in [-0.15, -0.1) is 0 Å². The standard InChI is InChI=1S/C4H8BrOS/c5-3-1-2-4-7-6/h1-4H2/q+1. The Morgan fingerprint density at radius 1 is 1.43 bits per heavy atom. The van der Waals surface area contributed by atoms with Crippen LogP contribution in [0, 0.1) is 0 Å². The molecule has 0 unspecified atom stereocenters. The summed E-state index contributed by atoms with van der Waals surface area (Å²) in [6, 6.07) is 0. The first kappa shape index (κ1) is 7.50. The summed E-state index contributed by atoms with van der Waals surface area (Å²) in [6.45, 7) is 0. The molecular formula is C4H8BrOS+. The van der Waals surface area contributed by atoms with E-state index in [1.807, 2.05) is 0 Å². The van der Waals surface area contributed by atoms with Crippen molar-refractivity contribution in [3.8, 4) is 0 Å². The summed E-state index contributed by atoms with van der Waals surface area (Å²) in [5.41, 5.74) is 0. The number of hydrogen-bond acceptors (Lipinski definition) is 1. The zero-order valence-corrected chi connectivity index (χ0v) is 6.43. The second-order valence-corrected chi connectivity index (χ2v) is 2.66. The van der Waals surface area contributed by atoms with E-state index in [9.17, 15) is 4.21 Å². The van der Waals surface area contributed by atoms with Crippen LogP contribution in [-0.4, -0.2) is 11.1 Å². The van der Waals surface area contributed by atoms with E-state index in [1.54, 1.807) is 0 Å². The van der Waals surface area contributed by atoms with Crippen molar-refractivity contribution in [1.29, 1.82) is 0 Å². The van der Waals surface area contributed by atoms with E-state index in [0.717, 1.165) is 23.9 Å². The fourth-order valence-corrected chi connectivity index (χ4v) is 0.974. The van der Waals surface area contributed by atoms with Crippen molar-refractivity contribution in [1.82, 2.24) is 0 Å². The molecule has 0 heterocycles. The van der Waals surface area contributed by atoms with Gasteiger partial charge in [-0.1, -0.05) is 15.9 Å². The third kappa shape index (κ3) is 6.50. The number of rotatable bonds is 4. The highest BCUT2D eigenvalue weighted by molar-refractivity contribution is 9.09. The molecule has 0 radical (unpaired) electrons. The van der Waals surface area contributed by atoms with E-state index in [4.69, 9.17) is 0 Å². The fraction of sp³-hybridized carbons (Fsp3) is 1.00. The summed E-state index contributed by atoms with van der Waals surface area (Å²) in [7, 11) is 0. The number of hydrogen-bond donors (Lipinski definition) is 0. The summed E-state index contributed by atoms with van der Waals surface area (Å²) >= 11 is 3.94. The Morgan fingerprint density at radius 3 is 2.57 bits per heavy atom. The van der Waals surface area contributed by atoms with Gasteiger partial charge in [0.2, 0.25) is 5.75 Å². The molecule has 0 saturated carbocycles. The maximum absolute atomic E-state index is 9.71. The van der Waals surface area contributed by atoms with Crippen LogP contribution in [-0.2, 0) is 15.9 Å². The Labute approximate surface area is 56.1 Å². The van der Waals surface area contributed by atoms with Gasteiger partial charge >= 0.3 is 11.7 Å². The van der Waals surface area contributed by atoms with Gasteiger partial charge in [-0.3, -0.25) is 0 Å². The molecule has 0 N–H and O–H groups in total. The van der Waals surface area contributed by atoms with Crippen LogP contribution in [0.25, 0.3) is 0 Å². The Balaban J connectivity index is 2.56. The molecule has 0 aromatic rings. The van der Waals surface area contributed by atoms with Crippen molar-refractivity contribution >= 4 is 27.6 Å². The van der Waals surface area contributed by atoms with E-state index in [1.165, 1.54) is 0 Å². The number of unbranched alkanes of at least 4 members (excludes halogenated alkanes) is 1. The van der Waals surface area contributed by atoms with Crippen LogP contribution in [0.5, 0.6) is 0 Å².